The predicted octanol–water partition coefficient (Wildman–Crippen LogP) is 5.91. The second-order valence-corrected chi connectivity index (χ2v) is 12.6. The van der Waals surface area contributed by atoms with Crippen molar-refractivity contribution in [2.45, 2.75) is 9.10 Å². The molecule has 1 aromatic heterocycles. The van der Waals surface area contributed by atoms with Crippen LogP contribution in [0.5, 0.6) is 0 Å². The van der Waals surface area contributed by atoms with Gasteiger partial charge in [0.05, 0.1) is 20.6 Å². The van der Waals surface area contributed by atoms with Crippen molar-refractivity contribution in [3.05, 3.63) is 99.9 Å². The molecule has 0 aliphatic rings. The minimum Gasteiger partial charge on any atom is -0.322 e. The van der Waals surface area contributed by atoms with E-state index in [1.165, 1.54) is 66.7 Å². The number of amides is 1. The molecule has 0 atom stereocenters. The van der Waals surface area contributed by atoms with Gasteiger partial charge >= 0.3 is 0 Å². The number of benzene rings is 3. The molecule has 0 aliphatic heterocycles. The van der Waals surface area contributed by atoms with Crippen LogP contribution in [0, 0.1) is 0 Å². The lowest BCUT2D eigenvalue weighted by Crippen LogP contribution is -2.15. The summed E-state index contributed by atoms with van der Waals surface area (Å²) in [5.41, 5.74) is 1.09. The summed E-state index contributed by atoms with van der Waals surface area (Å²) in [6.07, 6.45) is 0. The molecule has 0 fully saturated rings. The third-order valence-corrected chi connectivity index (χ3v) is 9.76. The summed E-state index contributed by atoms with van der Waals surface area (Å²) in [6.45, 7) is 0. The molecule has 1 amide bonds. The van der Waals surface area contributed by atoms with Crippen molar-refractivity contribution in [3.63, 3.8) is 0 Å². The van der Waals surface area contributed by atoms with E-state index >= 15 is 0 Å². The van der Waals surface area contributed by atoms with Crippen LogP contribution in [0.1, 0.15) is 10.4 Å². The third kappa shape index (κ3) is 6.00. The number of anilines is 3. The maximum Gasteiger partial charge on any atom is 0.271 e. The number of rotatable bonds is 8. The molecule has 4 rings (SSSR count). The SMILES string of the molecule is O=C(Nc1ccc(S(=O)(=O)Nc2cccc(Cl)c2Cl)cc1)c1ccc(NS(=O)(=O)c2cccs2)cc1. The molecule has 1 heterocycles. The quantitative estimate of drug-likeness (QED) is 0.239. The standard InChI is InChI=1S/C23H17Cl2N3O5S3/c24-19-3-1-4-20(22(19)25)28-35(30,31)18-12-10-16(11-13-18)26-23(29)15-6-8-17(9-7-15)27-36(32,33)21-5-2-14-34-21/h1-14,27-28H,(H,26,29). The van der Waals surface area contributed by atoms with Crippen LogP contribution in [0.3, 0.4) is 0 Å². The van der Waals surface area contributed by atoms with E-state index in [0.29, 0.717) is 11.4 Å². The Morgan fingerprint density at radius 3 is 2.03 bits per heavy atom. The molecule has 36 heavy (non-hydrogen) atoms. The minimum absolute atomic E-state index is 0.0427. The Morgan fingerprint density at radius 2 is 1.39 bits per heavy atom. The van der Waals surface area contributed by atoms with Crippen LogP contribution in [-0.4, -0.2) is 22.7 Å². The lowest BCUT2D eigenvalue weighted by Gasteiger charge is -2.11. The normalized spacial score (nSPS) is 11.6. The van der Waals surface area contributed by atoms with E-state index in [0.717, 1.165) is 11.3 Å². The fraction of sp³-hybridized carbons (Fsp3) is 0. The van der Waals surface area contributed by atoms with Crippen LogP contribution in [0.2, 0.25) is 10.0 Å². The van der Waals surface area contributed by atoms with Gasteiger partial charge in [-0.3, -0.25) is 14.2 Å². The molecule has 0 unspecified atom stereocenters. The van der Waals surface area contributed by atoms with Crippen LogP contribution in [0.15, 0.2) is 93.3 Å². The number of carbonyl (C=O) groups excluding carboxylic acids is 1. The summed E-state index contributed by atoms with van der Waals surface area (Å²) in [7, 11) is -7.64. The zero-order valence-electron chi connectivity index (χ0n) is 18.1. The van der Waals surface area contributed by atoms with Gasteiger partial charge in [0.25, 0.3) is 26.0 Å². The van der Waals surface area contributed by atoms with E-state index in [2.05, 4.69) is 14.8 Å². The number of carbonyl (C=O) groups is 1. The van der Waals surface area contributed by atoms with Crippen molar-refractivity contribution in [1.29, 1.82) is 0 Å². The van der Waals surface area contributed by atoms with Crippen molar-refractivity contribution < 1.29 is 21.6 Å². The van der Waals surface area contributed by atoms with E-state index in [9.17, 15) is 21.6 Å². The van der Waals surface area contributed by atoms with E-state index in [4.69, 9.17) is 23.2 Å². The summed E-state index contributed by atoms with van der Waals surface area (Å²) in [6, 6.07) is 19.2. The van der Waals surface area contributed by atoms with Gasteiger partial charge in [0.2, 0.25) is 0 Å². The van der Waals surface area contributed by atoms with Crippen molar-refractivity contribution in [2.75, 3.05) is 14.8 Å². The fourth-order valence-electron chi connectivity index (χ4n) is 3.02. The van der Waals surface area contributed by atoms with Crippen molar-refractivity contribution in [1.82, 2.24) is 0 Å². The molecule has 0 spiro atoms. The molecular weight excluding hydrogens is 565 g/mol. The maximum absolute atomic E-state index is 12.7. The number of nitrogens with one attached hydrogen (secondary N) is 3. The summed E-state index contributed by atoms with van der Waals surface area (Å²) >= 11 is 13.1. The van der Waals surface area contributed by atoms with E-state index in [1.807, 2.05) is 0 Å². The van der Waals surface area contributed by atoms with Crippen LogP contribution < -0.4 is 14.8 Å². The fourth-order valence-corrected chi connectivity index (χ4v) is 6.55. The molecule has 3 aromatic carbocycles. The average molecular weight is 583 g/mol. The second kappa shape index (κ2) is 10.5. The summed E-state index contributed by atoms with van der Waals surface area (Å²) < 4.78 is 55.0. The van der Waals surface area contributed by atoms with Crippen LogP contribution in [-0.2, 0) is 20.0 Å². The first-order chi connectivity index (χ1) is 17.0. The molecule has 0 saturated carbocycles. The number of hydrogen-bond donors (Lipinski definition) is 3. The summed E-state index contributed by atoms with van der Waals surface area (Å²) in [5, 5.41) is 4.62. The van der Waals surface area contributed by atoms with Crippen molar-refractivity contribution in [2.24, 2.45) is 0 Å². The predicted molar refractivity (Wildman–Crippen MR) is 143 cm³/mol. The second-order valence-electron chi connectivity index (χ2n) is 7.30. The zero-order valence-corrected chi connectivity index (χ0v) is 22.1. The monoisotopic (exact) mass is 581 g/mol. The Balaban J connectivity index is 1.41. The van der Waals surface area contributed by atoms with Gasteiger partial charge in [-0.2, -0.15) is 0 Å². The highest BCUT2D eigenvalue weighted by atomic mass is 35.5. The molecule has 8 nitrogen and oxygen atoms in total. The van der Waals surface area contributed by atoms with Gasteiger partial charge in [-0.1, -0.05) is 35.3 Å². The van der Waals surface area contributed by atoms with Crippen LogP contribution in [0.25, 0.3) is 0 Å². The average Bonchev–Trinajstić information content (AvgIpc) is 3.39. The first-order valence-corrected chi connectivity index (χ1v) is 14.7. The zero-order chi connectivity index (χ0) is 25.9. The molecule has 4 aromatic rings. The molecular formula is C23H17Cl2N3O5S3. The highest BCUT2D eigenvalue weighted by molar-refractivity contribution is 7.94. The molecule has 186 valence electrons. The molecule has 0 radical (unpaired) electrons. The highest BCUT2D eigenvalue weighted by Crippen LogP contribution is 2.31. The van der Waals surface area contributed by atoms with Gasteiger partial charge < -0.3 is 5.32 Å². The maximum atomic E-state index is 12.7. The summed E-state index contributed by atoms with van der Waals surface area (Å²) in [5.74, 6) is -0.456. The number of hydrogen-bond acceptors (Lipinski definition) is 6. The number of halogens is 2. The van der Waals surface area contributed by atoms with Gasteiger partial charge in [-0.15, -0.1) is 11.3 Å². The first kappa shape index (κ1) is 26.0. The number of sulfonamides is 2. The van der Waals surface area contributed by atoms with E-state index in [-0.39, 0.29) is 30.4 Å². The smallest absolute Gasteiger partial charge is 0.271 e. The lowest BCUT2D eigenvalue weighted by atomic mass is 10.2. The third-order valence-electron chi connectivity index (χ3n) is 4.78. The van der Waals surface area contributed by atoms with Crippen LogP contribution in [0.4, 0.5) is 17.1 Å². The van der Waals surface area contributed by atoms with E-state index < -0.39 is 26.0 Å². The molecule has 0 aliphatic carbocycles. The van der Waals surface area contributed by atoms with Gasteiger partial charge in [0.15, 0.2) is 0 Å². The summed E-state index contributed by atoms with van der Waals surface area (Å²) in [4.78, 5) is 12.5. The Morgan fingerprint density at radius 1 is 0.722 bits per heavy atom. The minimum atomic E-state index is -3.95. The van der Waals surface area contributed by atoms with Crippen LogP contribution >= 0.6 is 34.5 Å². The van der Waals surface area contributed by atoms with Gasteiger partial charge in [0, 0.05) is 16.9 Å². The Hall–Kier alpha value is -3.09. The lowest BCUT2D eigenvalue weighted by molar-refractivity contribution is 0.102. The van der Waals surface area contributed by atoms with Crippen molar-refractivity contribution >= 4 is 77.6 Å². The van der Waals surface area contributed by atoms with Crippen molar-refractivity contribution in [3.8, 4) is 0 Å². The van der Waals surface area contributed by atoms with E-state index in [1.54, 1.807) is 17.5 Å². The largest absolute Gasteiger partial charge is 0.322 e. The Labute approximate surface area is 222 Å². The van der Waals surface area contributed by atoms with Gasteiger partial charge in [0.1, 0.15) is 4.21 Å². The number of thiophene rings is 1. The van der Waals surface area contributed by atoms with Gasteiger partial charge in [-0.25, -0.2) is 16.8 Å². The van der Waals surface area contributed by atoms with Gasteiger partial charge in [-0.05, 0) is 72.1 Å². The topological polar surface area (TPSA) is 121 Å². The molecule has 0 saturated heterocycles. The highest BCUT2D eigenvalue weighted by Gasteiger charge is 2.18. The Kier molecular flexibility index (Phi) is 7.57. The Bertz CT molecular complexity index is 1610. The molecule has 3 N–H and O–H groups in total. The molecule has 13 heteroatoms. The first-order valence-electron chi connectivity index (χ1n) is 10.1. The molecule has 0 bridgehead atoms.